The molecule has 2 aliphatic heterocycles. The minimum Gasteiger partial charge on any atom is -0.390 e. The van der Waals surface area contributed by atoms with Crippen molar-refractivity contribution in [2.24, 2.45) is 0 Å². The van der Waals surface area contributed by atoms with Crippen LogP contribution in [0.2, 0.25) is 0 Å². The van der Waals surface area contributed by atoms with Gasteiger partial charge in [0.15, 0.2) is 0 Å². The second-order valence-corrected chi connectivity index (χ2v) is 6.04. The molecular weight excluding hydrogens is 258 g/mol. The monoisotopic (exact) mass is 283 g/mol. The molecule has 0 bridgehead atoms. The molecule has 6 heteroatoms. The van der Waals surface area contributed by atoms with Crippen LogP contribution in [0.5, 0.6) is 0 Å². The highest BCUT2D eigenvalue weighted by Crippen LogP contribution is 2.21. The van der Waals surface area contributed by atoms with Crippen LogP contribution in [-0.4, -0.2) is 71.6 Å². The summed E-state index contributed by atoms with van der Waals surface area (Å²) in [5.41, 5.74) is -0.718. The minimum atomic E-state index is -0.718. The molecular formula is C14H25N3O3. The lowest BCUT2D eigenvalue weighted by Gasteiger charge is -2.25. The number of nitrogens with one attached hydrogen (secondary N) is 1. The predicted molar refractivity (Wildman–Crippen MR) is 75.1 cm³/mol. The van der Waals surface area contributed by atoms with Crippen LogP contribution < -0.4 is 5.32 Å². The molecule has 2 heterocycles. The van der Waals surface area contributed by atoms with E-state index < -0.39 is 17.4 Å². The van der Waals surface area contributed by atoms with Crippen LogP contribution in [-0.2, 0) is 9.59 Å². The Balaban J connectivity index is 1.94. The van der Waals surface area contributed by atoms with E-state index in [1.807, 2.05) is 0 Å². The van der Waals surface area contributed by atoms with E-state index in [2.05, 4.69) is 5.32 Å². The fraction of sp³-hybridized carbons (Fsp3) is 0.857. The molecule has 2 fully saturated rings. The van der Waals surface area contributed by atoms with Gasteiger partial charge < -0.3 is 20.2 Å². The van der Waals surface area contributed by atoms with Gasteiger partial charge in [0.25, 0.3) is 0 Å². The van der Waals surface area contributed by atoms with Gasteiger partial charge in [-0.2, -0.15) is 0 Å². The van der Waals surface area contributed by atoms with Crippen molar-refractivity contribution in [1.29, 1.82) is 0 Å². The molecule has 114 valence electrons. The summed E-state index contributed by atoms with van der Waals surface area (Å²) in [6.45, 7) is 5.69. The molecule has 0 aromatic heterocycles. The second kappa shape index (κ2) is 6.54. The van der Waals surface area contributed by atoms with Crippen molar-refractivity contribution in [2.75, 3.05) is 39.3 Å². The molecule has 20 heavy (non-hydrogen) atoms. The maximum absolute atomic E-state index is 12.3. The summed E-state index contributed by atoms with van der Waals surface area (Å²) in [5, 5.41) is 13.3. The van der Waals surface area contributed by atoms with E-state index in [0.29, 0.717) is 39.0 Å². The van der Waals surface area contributed by atoms with Crippen LogP contribution in [0, 0.1) is 0 Å². The number of carbonyl (C=O) groups excluding carboxylic acids is 2. The number of nitrogens with zero attached hydrogens (tertiary/aromatic N) is 2. The normalized spacial score (nSPS) is 28.7. The summed E-state index contributed by atoms with van der Waals surface area (Å²) in [4.78, 5) is 27.8. The van der Waals surface area contributed by atoms with Crippen molar-refractivity contribution < 1.29 is 14.7 Å². The van der Waals surface area contributed by atoms with Crippen molar-refractivity contribution in [3.8, 4) is 0 Å². The largest absolute Gasteiger partial charge is 0.390 e. The number of hydrogen-bond donors (Lipinski definition) is 2. The Labute approximate surface area is 120 Å². The van der Waals surface area contributed by atoms with Gasteiger partial charge in [-0.15, -0.1) is 0 Å². The third-order valence-corrected chi connectivity index (χ3v) is 4.16. The van der Waals surface area contributed by atoms with E-state index in [9.17, 15) is 14.7 Å². The lowest BCUT2D eigenvalue weighted by Crippen LogP contribution is -2.47. The number of hydrogen-bond acceptors (Lipinski definition) is 4. The molecule has 2 rings (SSSR count). The maximum Gasteiger partial charge on any atom is 0.312 e. The van der Waals surface area contributed by atoms with Crippen LogP contribution in [0.15, 0.2) is 0 Å². The van der Waals surface area contributed by atoms with E-state index in [4.69, 9.17) is 0 Å². The Hall–Kier alpha value is -1.14. The zero-order valence-electron chi connectivity index (χ0n) is 12.2. The van der Waals surface area contributed by atoms with Crippen LogP contribution in [0.1, 0.15) is 32.6 Å². The first-order valence-corrected chi connectivity index (χ1v) is 7.51. The van der Waals surface area contributed by atoms with E-state index in [1.54, 1.807) is 16.7 Å². The minimum absolute atomic E-state index is 0.393. The molecule has 0 saturated carbocycles. The molecule has 0 aliphatic carbocycles. The second-order valence-electron chi connectivity index (χ2n) is 6.04. The smallest absolute Gasteiger partial charge is 0.312 e. The number of rotatable bonds is 0. The predicted octanol–water partition coefficient (Wildman–Crippen LogP) is -0.428. The first-order chi connectivity index (χ1) is 9.49. The summed E-state index contributed by atoms with van der Waals surface area (Å²) in [6, 6.07) is 0. The van der Waals surface area contributed by atoms with Gasteiger partial charge in [-0.3, -0.25) is 9.59 Å². The topological polar surface area (TPSA) is 72.9 Å². The van der Waals surface area contributed by atoms with Gasteiger partial charge in [-0.05, 0) is 39.2 Å². The van der Waals surface area contributed by atoms with Crippen LogP contribution in [0.3, 0.4) is 0 Å². The highest BCUT2D eigenvalue weighted by atomic mass is 16.3. The van der Waals surface area contributed by atoms with Gasteiger partial charge in [0.1, 0.15) is 0 Å². The third kappa shape index (κ3) is 3.93. The average molecular weight is 283 g/mol. The first-order valence-electron chi connectivity index (χ1n) is 7.51. The van der Waals surface area contributed by atoms with Gasteiger partial charge in [0.05, 0.1) is 5.60 Å². The van der Waals surface area contributed by atoms with E-state index >= 15 is 0 Å². The summed E-state index contributed by atoms with van der Waals surface area (Å²) in [6.07, 6.45) is 2.84. The van der Waals surface area contributed by atoms with Crippen LogP contribution in [0.25, 0.3) is 0 Å². The van der Waals surface area contributed by atoms with Crippen molar-refractivity contribution in [3.05, 3.63) is 0 Å². The number of amides is 2. The molecule has 0 spiro atoms. The zero-order chi connectivity index (χ0) is 14.6. The highest BCUT2D eigenvalue weighted by Gasteiger charge is 2.31. The quantitative estimate of drug-likeness (QED) is 0.592. The Morgan fingerprint density at radius 3 is 2.35 bits per heavy atom. The maximum atomic E-state index is 12.3. The van der Waals surface area contributed by atoms with E-state index in [-0.39, 0.29) is 0 Å². The highest BCUT2D eigenvalue weighted by molar-refractivity contribution is 6.34. The molecule has 1 atom stereocenters. The third-order valence-electron chi connectivity index (χ3n) is 4.16. The fourth-order valence-corrected chi connectivity index (χ4v) is 2.79. The number of carbonyl (C=O) groups is 2. The molecule has 2 aliphatic rings. The zero-order valence-corrected chi connectivity index (χ0v) is 12.2. The van der Waals surface area contributed by atoms with Crippen LogP contribution >= 0.6 is 0 Å². The van der Waals surface area contributed by atoms with Gasteiger partial charge in [-0.25, -0.2) is 0 Å². The molecule has 2 saturated heterocycles. The Morgan fingerprint density at radius 2 is 1.60 bits per heavy atom. The Kier molecular flexibility index (Phi) is 4.99. The molecule has 2 N–H and O–H groups in total. The number of likely N-dealkylation sites (tertiary alicyclic amines) is 1. The lowest BCUT2D eigenvalue weighted by atomic mass is 9.98. The average Bonchev–Trinajstić information content (AvgIpc) is 2.77. The van der Waals surface area contributed by atoms with Gasteiger partial charge >= 0.3 is 11.8 Å². The first kappa shape index (κ1) is 15.3. The molecule has 0 aromatic rings. The Bertz CT molecular complexity index is 363. The van der Waals surface area contributed by atoms with Crippen LogP contribution in [0.4, 0.5) is 0 Å². The van der Waals surface area contributed by atoms with Gasteiger partial charge in [0.2, 0.25) is 0 Å². The SMILES string of the molecule is CC1(O)CCCN(C(=O)C(=O)N2CCCNCC2)CC1. The fourth-order valence-electron chi connectivity index (χ4n) is 2.79. The van der Waals surface area contributed by atoms with Gasteiger partial charge in [-0.1, -0.05) is 0 Å². The standard InChI is InChI=1S/C14H25N3O3/c1-14(20)4-2-8-16(10-5-14)12(18)13(19)17-9-3-6-15-7-11-17/h15,20H,2-11H2,1H3. The van der Waals surface area contributed by atoms with Crippen molar-refractivity contribution in [2.45, 2.75) is 38.2 Å². The summed E-state index contributed by atoms with van der Waals surface area (Å²) in [5.74, 6) is -0.806. The van der Waals surface area contributed by atoms with E-state index in [1.165, 1.54) is 0 Å². The van der Waals surface area contributed by atoms with Crippen molar-refractivity contribution >= 4 is 11.8 Å². The van der Waals surface area contributed by atoms with E-state index in [0.717, 1.165) is 25.9 Å². The molecule has 0 aromatic carbocycles. The lowest BCUT2D eigenvalue weighted by molar-refractivity contribution is -0.151. The molecule has 1 unspecified atom stereocenters. The van der Waals surface area contributed by atoms with Crippen molar-refractivity contribution in [1.82, 2.24) is 15.1 Å². The molecule has 6 nitrogen and oxygen atoms in total. The van der Waals surface area contributed by atoms with Crippen molar-refractivity contribution in [3.63, 3.8) is 0 Å². The Morgan fingerprint density at radius 1 is 0.950 bits per heavy atom. The molecule has 2 amide bonds. The summed E-state index contributed by atoms with van der Waals surface area (Å²) in [7, 11) is 0. The summed E-state index contributed by atoms with van der Waals surface area (Å²) >= 11 is 0. The number of aliphatic hydroxyl groups is 1. The van der Waals surface area contributed by atoms with Gasteiger partial charge in [0, 0.05) is 32.7 Å². The molecule has 0 radical (unpaired) electrons. The summed E-state index contributed by atoms with van der Waals surface area (Å²) < 4.78 is 0.